The lowest BCUT2D eigenvalue weighted by Gasteiger charge is -2.22. The minimum atomic E-state index is 0.575. The first kappa shape index (κ1) is 11.0. The van der Waals surface area contributed by atoms with Gasteiger partial charge in [0, 0.05) is 31.1 Å². The standard InChI is InChI=1S/C11H19N3/c1-9(12)8-11(14(3)13-2)10-6-4-5-7-10/h8,10,12H,2,4-7H2,1,3H3/b11-8-,12-9?. The molecule has 0 atom stereocenters. The molecule has 14 heavy (non-hydrogen) atoms. The van der Waals surface area contributed by atoms with Crippen LogP contribution in [0.3, 0.4) is 0 Å². The van der Waals surface area contributed by atoms with Gasteiger partial charge >= 0.3 is 0 Å². The fourth-order valence-corrected chi connectivity index (χ4v) is 2.00. The van der Waals surface area contributed by atoms with Crippen molar-refractivity contribution in [3.05, 3.63) is 11.8 Å². The van der Waals surface area contributed by atoms with Crippen molar-refractivity contribution >= 4 is 12.4 Å². The maximum absolute atomic E-state index is 7.49. The van der Waals surface area contributed by atoms with Gasteiger partial charge in [0.2, 0.25) is 0 Å². The monoisotopic (exact) mass is 193 g/mol. The van der Waals surface area contributed by atoms with Crippen LogP contribution in [-0.2, 0) is 0 Å². The molecular formula is C11H19N3. The van der Waals surface area contributed by atoms with Gasteiger partial charge in [-0.2, -0.15) is 5.10 Å². The highest BCUT2D eigenvalue weighted by atomic mass is 15.4. The Morgan fingerprint density at radius 3 is 2.50 bits per heavy atom. The summed E-state index contributed by atoms with van der Waals surface area (Å²) in [5.74, 6) is 0.575. The maximum atomic E-state index is 7.49. The average Bonchev–Trinajstić information content (AvgIpc) is 2.65. The summed E-state index contributed by atoms with van der Waals surface area (Å²) in [6.45, 7) is 5.32. The molecule has 1 saturated carbocycles. The summed E-state index contributed by atoms with van der Waals surface area (Å²) in [5.41, 5.74) is 1.73. The third-order valence-electron chi connectivity index (χ3n) is 2.72. The van der Waals surface area contributed by atoms with E-state index in [1.165, 1.54) is 25.7 Å². The van der Waals surface area contributed by atoms with E-state index in [9.17, 15) is 0 Å². The summed E-state index contributed by atoms with van der Waals surface area (Å²) in [5, 5.41) is 13.2. The predicted molar refractivity (Wildman–Crippen MR) is 60.8 cm³/mol. The maximum Gasteiger partial charge on any atom is 0.0413 e. The number of nitrogens with zero attached hydrogens (tertiary/aromatic N) is 2. The molecule has 3 nitrogen and oxygen atoms in total. The van der Waals surface area contributed by atoms with Crippen molar-refractivity contribution < 1.29 is 0 Å². The summed E-state index contributed by atoms with van der Waals surface area (Å²) < 4.78 is 0. The summed E-state index contributed by atoms with van der Waals surface area (Å²) in [6.07, 6.45) is 6.94. The smallest absolute Gasteiger partial charge is 0.0413 e. The summed E-state index contributed by atoms with van der Waals surface area (Å²) >= 11 is 0. The van der Waals surface area contributed by atoms with Crippen LogP contribution < -0.4 is 0 Å². The van der Waals surface area contributed by atoms with Crippen molar-refractivity contribution in [2.75, 3.05) is 7.05 Å². The van der Waals surface area contributed by atoms with Crippen LogP contribution >= 0.6 is 0 Å². The molecule has 0 spiro atoms. The van der Waals surface area contributed by atoms with Crippen LogP contribution in [0.5, 0.6) is 0 Å². The number of rotatable bonds is 4. The predicted octanol–water partition coefficient (Wildman–Crippen LogP) is 2.65. The highest BCUT2D eigenvalue weighted by Gasteiger charge is 2.21. The second-order valence-electron chi connectivity index (χ2n) is 3.90. The fraction of sp³-hybridized carbons (Fsp3) is 0.636. The van der Waals surface area contributed by atoms with E-state index in [0.29, 0.717) is 11.6 Å². The number of hydrogen-bond donors (Lipinski definition) is 1. The molecule has 0 aromatic rings. The Morgan fingerprint density at radius 2 is 2.07 bits per heavy atom. The van der Waals surface area contributed by atoms with E-state index < -0.39 is 0 Å². The molecule has 0 aromatic heterocycles. The molecule has 0 aliphatic heterocycles. The van der Waals surface area contributed by atoms with Gasteiger partial charge in [0.25, 0.3) is 0 Å². The SMILES string of the molecule is C=NN(C)/C(=C\C(C)=N)C1CCCC1. The van der Waals surface area contributed by atoms with E-state index in [0.717, 1.165) is 5.70 Å². The van der Waals surface area contributed by atoms with Crippen molar-refractivity contribution in [1.29, 1.82) is 5.41 Å². The van der Waals surface area contributed by atoms with Crippen molar-refractivity contribution in [2.24, 2.45) is 11.0 Å². The van der Waals surface area contributed by atoms with E-state index in [1.54, 1.807) is 11.9 Å². The van der Waals surface area contributed by atoms with Gasteiger partial charge in [0.05, 0.1) is 0 Å². The normalized spacial score (nSPS) is 18.3. The van der Waals surface area contributed by atoms with Gasteiger partial charge in [0.1, 0.15) is 0 Å². The van der Waals surface area contributed by atoms with Crippen LogP contribution in [0.25, 0.3) is 0 Å². The molecule has 0 heterocycles. The van der Waals surface area contributed by atoms with Gasteiger partial charge in [-0.05, 0) is 25.8 Å². The Bertz CT molecular complexity index is 249. The highest BCUT2D eigenvalue weighted by Crippen LogP contribution is 2.32. The lowest BCUT2D eigenvalue weighted by atomic mass is 10.0. The molecule has 1 aliphatic carbocycles. The minimum Gasteiger partial charge on any atom is -0.306 e. The van der Waals surface area contributed by atoms with Crippen molar-refractivity contribution in [2.45, 2.75) is 32.6 Å². The van der Waals surface area contributed by atoms with Crippen LogP contribution in [0.2, 0.25) is 0 Å². The van der Waals surface area contributed by atoms with Gasteiger partial charge in [-0.25, -0.2) is 0 Å². The average molecular weight is 193 g/mol. The fourth-order valence-electron chi connectivity index (χ4n) is 2.00. The first-order chi connectivity index (χ1) is 6.65. The van der Waals surface area contributed by atoms with Gasteiger partial charge < -0.3 is 5.41 Å². The Labute approximate surface area is 86.0 Å². The van der Waals surface area contributed by atoms with Gasteiger partial charge in [-0.1, -0.05) is 12.8 Å². The molecule has 0 unspecified atom stereocenters. The van der Waals surface area contributed by atoms with Crippen molar-refractivity contribution in [1.82, 2.24) is 5.01 Å². The van der Waals surface area contributed by atoms with Crippen LogP contribution in [0, 0.1) is 11.3 Å². The number of hydrogen-bond acceptors (Lipinski definition) is 3. The molecule has 1 rings (SSSR count). The first-order valence-corrected chi connectivity index (χ1v) is 5.12. The molecule has 78 valence electrons. The van der Waals surface area contributed by atoms with Crippen LogP contribution in [-0.4, -0.2) is 24.5 Å². The number of allylic oxidation sites excluding steroid dienone is 2. The second-order valence-corrected chi connectivity index (χ2v) is 3.90. The van der Waals surface area contributed by atoms with E-state index >= 15 is 0 Å². The molecule has 0 saturated heterocycles. The zero-order valence-corrected chi connectivity index (χ0v) is 9.08. The molecule has 0 aromatic carbocycles. The van der Waals surface area contributed by atoms with Crippen LogP contribution in [0.4, 0.5) is 0 Å². The second kappa shape index (κ2) is 4.94. The number of nitrogens with one attached hydrogen (secondary N) is 1. The molecule has 3 heteroatoms. The highest BCUT2D eigenvalue weighted by molar-refractivity contribution is 5.90. The Balaban J connectivity index is 2.79. The van der Waals surface area contributed by atoms with Crippen molar-refractivity contribution in [3.63, 3.8) is 0 Å². The molecular weight excluding hydrogens is 174 g/mol. The zero-order valence-electron chi connectivity index (χ0n) is 9.08. The molecule has 1 N–H and O–H groups in total. The summed E-state index contributed by atoms with van der Waals surface area (Å²) in [6, 6.07) is 0. The van der Waals surface area contributed by atoms with E-state index in [-0.39, 0.29) is 0 Å². The lowest BCUT2D eigenvalue weighted by molar-refractivity contribution is 0.379. The molecule has 0 bridgehead atoms. The minimum absolute atomic E-state index is 0.575. The van der Waals surface area contributed by atoms with E-state index in [1.807, 2.05) is 13.1 Å². The van der Waals surface area contributed by atoms with E-state index in [2.05, 4.69) is 11.8 Å². The first-order valence-electron chi connectivity index (χ1n) is 5.12. The van der Waals surface area contributed by atoms with Crippen LogP contribution in [0.1, 0.15) is 32.6 Å². The molecule has 1 aliphatic rings. The Kier molecular flexibility index (Phi) is 3.86. The van der Waals surface area contributed by atoms with Gasteiger partial charge in [-0.15, -0.1) is 0 Å². The summed E-state index contributed by atoms with van der Waals surface area (Å²) in [7, 11) is 1.90. The van der Waals surface area contributed by atoms with Gasteiger partial charge in [-0.3, -0.25) is 5.01 Å². The Morgan fingerprint density at radius 1 is 1.50 bits per heavy atom. The quantitative estimate of drug-likeness (QED) is 0.541. The zero-order chi connectivity index (χ0) is 10.6. The van der Waals surface area contributed by atoms with E-state index in [4.69, 9.17) is 5.41 Å². The van der Waals surface area contributed by atoms with Gasteiger partial charge in [0.15, 0.2) is 0 Å². The molecule has 0 amide bonds. The van der Waals surface area contributed by atoms with Crippen LogP contribution in [0.15, 0.2) is 16.9 Å². The number of hydrazone groups is 1. The Hall–Kier alpha value is -1.12. The molecule has 0 radical (unpaired) electrons. The third-order valence-corrected chi connectivity index (χ3v) is 2.72. The van der Waals surface area contributed by atoms with Crippen molar-refractivity contribution in [3.8, 4) is 0 Å². The third kappa shape index (κ3) is 2.69. The summed E-state index contributed by atoms with van der Waals surface area (Å²) in [4.78, 5) is 0. The topological polar surface area (TPSA) is 39.5 Å². The largest absolute Gasteiger partial charge is 0.306 e. The lowest BCUT2D eigenvalue weighted by Crippen LogP contribution is -2.17. The molecule has 1 fully saturated rings.